The third kappa shape index (κ3) is 3.84. The molecule has 0 saturated carbocycles. The van der Waals surface area contributed by atoms with Gasteiger partial charge in [-0.05, 0) is 59.1 Å². The van der Waals surface area contributed by atoms with Crippen molar-refractivity contribution in [3.63, 3.8) is 0 Å². The Bertz CT molecular complexity index is 626. The molecule has 2 rings (SSSR count). The molecule has 0 fully saturated rings. The van der Waals surface area contributed by atoms with Gasteiger partial charge in [0.15, 0.2) is 0 Å². The first kappa shape index (κ1) is 14.6. The Morgan fingerprint density at radius 1 is 1.10 bits per heavy atom. The fourth-order valence-electron chi connectivity index (χ4n) is 1.85. The van der Waals surface area contributed by atoms with Gasteiger partial charge >= 0.3 is 0 Å². The van der Waals surface area contributed by atoms with Gasteiger partial charge in [-0.25, -0.2) is 0 Å². The number of nitrogens with one attached hydrogen (secondary N) is 2. The summed E-state index contributed by atoms with van der Waals surface area (Å²) in [7, 11) is 0. The van der Waals surface area contributed by atoms with Gasteiger partial charge in [0.1, 0.15) is 0 Å². The third-order valence-electron chi connectivity index (χ3n) is 2.98. The molecule has 0 aliphatic rings. The number of benzene rings is 2. The molecule has 2 aromatic carbocycles. The number of hydrogen-bond acceptors (Lipinski definition) is 2. The van der Waals surface area contributed by atoms with Crippen molar-refractivity contribution in [1.82, 2.24) is 0 Å². The second-order valence-electron chi connectivity index (χ2n) is 4.70. The Labute approximate surface area is 127 Å². The quantitative estimate of drug-likeness (QED) is 0.884. The van der Waals surface area contributed by atoms with E-state index >= 15 is 0 Å². The monoisotopic (exact) mass is 332 g/mol. The molecule has 2 aromatic rings. The van der Waals surface area contributed by atoms with E-state index in [4.69, 9.17) is 0 Å². The van der Waals surface area contributed by atoms with E-state index in [-0.39, 0.29) is 12.5 Å². The van der Waals surface area contributed by atoms with Crippen LogP contribution in [0.1, 0.15) is 11.1 Å². The molecule has 20 heavy (non-hydrogen) atoms. The zero-order valence-electron chi connectivity index (χ0n) is 11.5. The number of halogens is 1. The molecule has 4 heteroatoms. The maximum Gasteiger partial charge on any atom is 0.243 e. The van der Waals surface area contributed by atoms with Crippen molar-refractivity contribution in [2.45, 2.75) is 13.8 Å². The lowest BCUT2D eigenvalue weighted by Gasteiger charge is -2.11. The molecule has 0 spiro atoms. The minimum atomic E-state index is -0.0632. The molecular formula is C16H17BrN2O. The van der Waals surface area contributed by atoms with Crippen molar-refractivity contribution in [3.8, 4) is 0 Å². The number of carbonyl (C=O) groups is 1. The van der Waals surface area contributed by atoms with Crippen molar-refractivity contribution in [3.05, 3.63) is 58.1 Å². The van der Waals surface area contributed by atoms with Crippen molar-refractivity contribution in [1.29, 1.82) is 0 Å². The maximum atomic E-state index is 11.9. The molecular weight excluding hydrogens is 316 g/mol. The first-order valence-electron chi connectivity index (χ1n) is 6.42. The van der Waals surface area contributed by atoms with E-state index in [1.54, 1.807) is 0 Å². The normalized spacial score (nSPS) is 10.2. The topological polar surface area (TPSA) is 41.1 Å². The van der Waals surface area contributed by atoms with Crippen LogP contribution in [-0.4, -0.2) is 12.5 Å². The van der Waals surface area contributed by atoms with Crippen molar-refractivity contribution < 1.29 is 4.79 Å². The lowest BCUT2D eigenvalue weighted by Crippen LogP contribution is -2.22. The summed E-state index contributed by atoms with van der Waals surface area (Å²) in [6.07, 6.45) is 0. The van der Waals surface area contributed by atoms with Gasteiger partial charge in [-0.3, -0.25) is 4.79 Å². The molecule has 0 unspecified atom stereocenters. The van der Waals surface area contributed by atoms with E-state index in [0.717, 1.165) is 21.4 Å². The van der Waals surface area contributed by atoms with Crippen molar-refractivity contribution in [2.75, 3.05) is 17.2 Å². The Hall–Kier alpha value is -1.81. The molecule has 3 nitrogen and oxygen atoms in total. The fraction of sp³-hybridized carbons (Fsp3) is 0.188. The molecule has 2 N–H and O–H groups in total. The summed E-state index contributed by atoms with van der Waals surface area (Å²) in [5, 5.41) is 6.02. The van der Waals surface area contributed by atoms with Crippen LogP contribution in [0.15, 0.2) is 46.9 Å². The molecule has 0 radical (unpaired) electrons. The predicted octanol–water partition coefficient (Wildman–Crippen LogP) is 4.12. The highest BCUT2D eigenvalue weighted by atomic mass is 79.9. The third-order valence-corrected chi connectivity index (χ3v) is 3.64. The second-order valence-corrected chi connectivity index (χ2v) is 5.55. The summed E-state index contributed by atoms with van der Waals surface area (Å²) in [5.74, 6) is -0.0632. The lowest BCUT2D eigenvalue weighted by molar-refractivity contribution is -0.114. The summed E-state index contributed by atoms with van der Waals surface area (Å²) in [6, 6.07) is 13.7. The average molecular weight is 333 g/mol. The Kier molecular flexibility index (Phi) is 4.79. The number of aryl methyl sites for hydroxylation is 2. The zero-order valence-corrected chi connectivity index (χ0v) is 13.1. The Balaban J connectivity index is 1.94. The van der Waals surface area contributed by atoms with Gasteiger partial charge in [-0.2, -0.15) is 0 Å². The van der Waals surface area contributed by atoms with E-state index in [2.05, 4.69) is 26.6 Å². The van der Waals surface area contributed by atoms with Crippen LogP contribution in [0.25, 0.3) is 0 Å². The summed E-state index contributed by atoms with van der Waals surface area (Å²) < 4.78 is 0.959. The molecule has 104 valence electrons. The molecule has 1 amide bonds. The lowest BCUT2D eigenvalue weighted by atomic mass is 10.2. The van der Waals surface area contributed by atoms with Crippen molar-refractivity contribution >= 4 is 33.2 Å². The Morgan fingerprint density at radius 2 is 1.85 bits per heavy atom. The number of carbonyl (C=O) groups excluding carboxylic acids is 1. The van der Waals surface area contributed by atoms with Gasteiger partial charge in [-0.1, -0.05) is 24.3 Å². The number of amides is 1. The minimum absolute atomic E-state index is 0.0632. The van der Waals surface area contributed by atoms with Gasteiger partial charge in [0.2, 0.25) is 5.91 Å². The first-order chi connectivity index (χ1) is 9.56. The van der Waals surface area contributed by atoms with E-state index in [0.29, 0.717) is 0 Å². The second kappa shape index (κ2) is 6.57. The highest BCUT2D eigenvalue weighted by Gasteiger charge is 2.05. The average Bonchev–Trinajstić information content (AvgIpc) is 2.40. The molecule has 0 saturated heterocycles. The molecule has 0 bridgehead atoms. The van der Waals surface area contributed by atoms with Gasteiger partial charge in [0.25, 0.3) is 0 Å². The van der Waals surface area contributed by atoms with Crippen LogP contribution in [0.5, 0.6) is 0 Å². The van der Waals surface area contributed by atoms with Crippen LogP contribution in [-0.2, 0) is 4.79 Å². The summed E-state index contributed by atoms with van der Waals surface area (Å²) in [4.78, 5) is 11.9. The first-order valence-corrected chi connectivity index (χ1v) is 7.21. The predicted molar refractivity (Wildman–Crippen MR) is 87.2 cm³/mol. The highest BCUT2D eigenvalue weighted by Crippen LogP contribution is 2.23. The molecule has 0 aliphatic heterocycles. The number of rotatable bonds is 4. The van der Waals surface area contributed by atoms with Crippen molar-refractivity contribution in [2.24, 2.45) is 0 Å². The fourth-order valence-corrected chi connectivity index (χ4v) is 2.48. The van der Waals surface area contributed by atoms with Crippen LogP contribution >= 0.6 is 15.9 Å². The van der Waals surface area contributed by atoms with Gasteiger partial charge < -0.3 is 10.6 Å². The molecule has 0 atom stereocenters. The number of para-hydroxylation sites is 1. The summed E-state index contributed by atoms with van der Waals surface area (Å²) >= 11 is 3.48. The largest absolute Gasteiger partial charge is 0.375 e. The SMILES string of the molecule is Cc1ccc(NCC(=O)Nc2ccccc2C)c(Br)c1. The van der Waals surface area contributed by atoms with Gasteiger partial charge in [0.05, 0.1) is 6.54 Å². The smallest absolute Gasteiger partial charge is 0.243 e. The van der Waals surface area contributed by atoms with E-state index in [1.807, 2.05) is 56.3 Å². The Morgan fingerprint density at radius 3 is 2.55 bits per heavy atom. The van der Waals surface area contributed by atoms with Crippen LogP contribution in [0.2, 0.25) is 0 Å². The van der Waals surface area contributed by atoms with Gasteiger partial charge in [0, 0.05) is 15.8 Å². The standard InChI is InChI=1S/C16H17BrN2O/c1-11-7-8-15(13(17)9-11)18-10-16(20)19-14-6-4-3-5-12(14)2/h3-9,18H,10H2,1-2H3,(H,19,20). The van der Waals surface area contributed by atoms with Crippen LogP contribution in [0, 0.1) is 13.8 Å². The number of hydrogen-bond donors (Lipinski definition) is 2. The zero-order chi connectivity index (χ0) is 14.5. The van der Waals surface area contributed by atoms with E-state index in [1.165, 1.54) is 5.56 Å². The van der Waals surface area contributed by atoms with Crippen LogP contribution in [0.3, 0.4) is 0 Å². The number of anilines is 2. The van der Waals surface area contributed by atoms with Crippen LogP contribution in [0.4, 0.5) is 11.4 Å². The maximum absolute atomic E-state index is 11.9. The molecule has 0 aliphatic carbocycles. The highest BCUT2D eigenvalue weighted by molar-refractivity contribution is 9.10. The minimum Gasteiger partial charge on any atom is -0.375 e. The molecule has 0 heterocycles. The molecule has 0 aromatic heterocycles. The van der Waals surface area contributed by atoms with E-state index < -0.39 is 0 Å². The van der Waals surface area contributed by atoms with Gasteiger partial charge in [-0.15, -0.1) is 0 Å². The van der Waals surface area contributed by atoms with E-state index in [9.17, 15) is 4.79 Å². The summed E-state index contributed by atoms with van der Waals surface area (Å²) in [6.45, 7) is 4.23. The van der Waals surface area contributed by atoms with Crippen LogP contribution < -0.4 is 10.6 Å². The summed E-state index contributed by atoms with van der Waals surface area (Å²) in [5.41, 5.74) is 3.99.